The summed E-state index contributed by atoms with van der Waals surface area (Å²) in [6.07, 6.45) is -1.02. The normalized spacial score (nSPS) is 17.2. The van der Waals surface area contributed by atoms with Crippen LogP contribution in [0.2, 0.25) is 0 Å². The first kappa shape index (κ1) is 14.1. The lowest BCUT2D eigenvalue weighted by Crippen LogP contribution is -2.24. The van der Waals surface area contributed by atoms with Crippen LogP contribution in [-0.2, 0) is 11.3 Å². The molecule has 0 saturated heterocycles. The van der Waals surface area contributed by atoms with Crippen LogP contribution >= 0.6 is 11.3 Å². The van der Waals surface area contributed by atoms with E-state index in [2.05, 4.69) is 29.3 Å². The molecular weight excluding hydrogens is 284 g/mol. The lowest BCUT2D eigenvalue weighted by Gasteiger charge is -2.23. The Labute approximate surface area is 128 Å². The molecule has 0 saturated carbocycles. The van der Waals surface area contributed by atoms with Gasteiger partial charge in [-0.05, 0) is 30.5 Å². The van der Waals surface area contributed by atoms with E-state index in [-0.39, 0.29) is 5.91 Å². The fraction of sp³-hybridized carbons (Fsp3) is 0.312. The maximum Gasteiger partial charge on any atom is 0.260 e. The third-order valence-corrected chi connectivity index (χ3v) is 4.77. The van der Waals surface area contributed by atoms with Gasteiger partial charge in [-0.3, -0.25) is 4.79 Å². The second-order valence-corrected chi connectivity index (χ2v) is 6.17. The molecule has 0 bridgehead atoms. The van der Waals surface area contributed by atoms with Gasteiger partial charge in [0.2, 0.25) is 0 Å². The standard InChI is InChI=1S/C16H18N2O2S/c1-3-18(10-12-5-4-8-21-12)11-6-7-13-14(9-11)17(2)16(20)15(13)19/h4-9,15,19H,3,10H2,1-2H3. The van der Waals surface area contributed by atoms with E-state index < -0.39 is 6.10 Å². The minimum Gasteiger partial charge on any atom is -0.378 e. The molecule has 1 N–H and O–H groups in total. The van der Waals surface area contributed by atoms with Gasteiger partial charge in [-0.15, -0.1) is 11.3 Å². The van der Waals surface area contributed by atoms with Crippen LogP contribution in [0.25, 0.3) is 0 Å². The van der Waals surface area contributed by atoms with E-state index >= 15 is 0 Å². The van der Waals surface area contributed by atoms with Crippen LogP contribution in [0.3, 0.4) is 0 Å². The first-order valence-corrected chi connectivity index (χ1v) is 7.86. The Morgan fingerprint density at radius 1 is 1.38 bits per heavy atom. The molecule has 0 fully saturated rings. The van der Waals surface area contributed by atoms with Gasteiger partial charge in [0.1, 0.15) is 0 Å². The van der Waals surface area contributed by atoms with Gasteiger partial charge < -0.3 is 14.9 Å². The van der Waals surface area contributed by atoms with Crippen molar-refractivity contribution in [2.45, 2.75) is 19.6 Å². The van der Waals surface area contributed by atoms with E-state index in [1.165, 1.54) is 9.78 Å². The van der Waals surface area contributed by atoms with Gasteiger partial charge in [-0.25, -0.2) is 0 Å². The molecule has 2 aromatic rings. The zero-order chi connectivity index (χ0) is 15.0. The molecule has 1 aliphatic rings. The summed E-state index contributed by atoms with van der Waals surface area (Å²) in [6, 6.07) is 10.00. The average Bonchev–Trinajstić information content (AvgIpc) is 3.09. The fourth-order valence-corrected chi connectivity index (χ4v) is 3.38. The molecule has 1 atom stereocenters. The zero-order valence-corrected chi connectivity index (χ0v) is 12.9. The number of anilines is 2. The number of fused-ring (bicyclic) bond motifs is 1. The van der Waals surface area contributed by atoms with Crippen LogP contribution in [0.1, 0.15) is 23.5 Å². The number of thiophene rings is 1. The molecule has 0 spiro atoms. The molecule has 0 radical (unpaired) electrons. The Morgan fingerprint density at radius 3 is 2.86 bits per heavy atom. The van der Waals surface area contributed by atoms with Gasteiger partial charge in [0.15, 0.2) is 6.10 Å². The number of carbonyl (C=O) groups is 1. The molecule has 4 nitrogen and oxygen atoms in total. The molecule has 1 aromatic heterocycles. The van der Waals surface area contributed by atoms with Gasteiger partial charge >= 0.3 is 0 Å². The summed E-state index contributed by atoms with van der Waals surface area (Å²) >= 11 is 1.74. The van der Waals surface area contributed by atoms with Crippen molar-refractivity contribution < 1.29 is 9.90 Å². The maximum absolute atomic E-state index is 11.8. The molecule has 110 valence electrons. The van der Waals surface area contributed by atoms with E-state index in [1.807, 2.05) is 18.2 Å². The Balaban J connectivity index is 1.91. The Kier molecular flexibility index (Phi) is 3.69. The van der Waals surface area contributed by atoms with Crippen molar-refractivity contribution in [2.24, 2.45) is 0 Å². The van der Waals surface area contributed by atoms with Crippen LogP contribution in [-0.4, -0.2) is 24.6 Å². The summed E-state index contributed by atoms with van der Waals surface area (Å²) in [4.78, 5) is 16.9. The number of carbonyl (C=O) groups excluding carboxylic acids is 1. The lowest BCUT2D eigenvalue weighted by atomic mass is 10.1. The fourth-order valence-electron chi connectivity index (χ4n) is 2.66. The van der Waals surface area contributed by atoms with E-state index in [0.29, 0.717) is 5.56 Å². The van der Waals surface area contributed by atoms with E-state index in [0.717, 1.165) is 24.5 Å². The van der Waals surface area contributed by atoms with Gasteiger partial charge in [-0.2, -0.15) is 0 Å². The number of rotatable bonds is 4. The lowest BCUT2D eigenvalue weighted by molar-refractivity contribution is -0.125. The Hall–Kier alpha value is -1.85. The molecule has 5 heteroatoms. The predicted octanol–water partition coefficient (Wildman–Crippen LogP) is 2.78. The number of aliphatic hydroxyl groups excluding tert-OH is 1. The number of amides is 1. The number of hydrogen-bond donors (Lipinski definition) is 1. The summed E-state index contributed by atoms with van der Waals surface area (Å²) < 4.78 is 0. The third-order valence-electron chi connectivity index (χ3n) is 3.91. The molecule has 3 rings (SSSR count). The quantitative estimate of drug-likeness (QED) is 0.944. The summed E-state index contributed by atoms with van der Waals surface area (Å²) in [5.74, 6) is -0.261. The highest BCUT2D eigenvalue weighted by atomic mass is 32.1. The number of likely N-dealkylation sites (N-methyl/N-ethyl adjacent to an activating group) is 1. The summed E-state index contributed by atoms with van der Waals surface area (Å²) in [5, 5.41) is 12.0. The van der Waals surface area contributed by atoms with Gasteiger partial charge in [0.25, 0.3) is 5.91 Å². The number of hydrogen-bond acceptors (Lipinski definition) is 4. The van der Waals surface area contributed by atoms with Crippen molar-refractivity contribution >= 4 is 28.6 Å². The highest BCUT2D eigenvalue weighted by Gasteiger charge is 2.33. The topological polar surface area (TPSA) is 43.8 Å². The third kappa shape index (κ3) is 2.43. The van der Waals surface area contributed by atoms with Crippen molar-refractivity contribution in [2.75, 3.05) is 23.4 Å². The van der Waals surface area contributed by atoms with E-state index in [4.69, 9.17) is 0 Å². The predicted molar refractivity (Wildman–Crippen MR) is 85.9 cm³/mol. The van der Waals surface area contributed by atoms with Crippen molar-refractivity contribution in [3.05, 3.63) is 46.2 Å². The zero-order valence-electron chi connectivity index (χ0n) is 12.1. The maximum atomic E-state index is 11.8. The van der Waals surface area contributed by atoms with E-state index in [1.54, 1.807) is 18.4 Å². The molecule has 1 unspecified atom stereocenters. The smallest absolute Gasteiger partial charge is 0.260 e. The molecule has 1 aromatic carbocycles. The van der Waals surface area contributed by atoms with Gasteiger partial charge in [-0.1, -0.05) is 12.1 Å². The van der Waals surface area contributed by atoms with Crippen LogP contribution in [0, 0.1) is 0 Å². The van der Waals surface area contributed by atoms with Crippen molar-refractivity contribution in [3.63, 3.8) is 0 Å². The summed E-state index contributed by atoms with van der Waals surface area (Å²) in [7, 11) is 1.71. The molecule has 0 aliphatic carbocycles. The van der Waals surface area contributed by atoms with Crippen LogP contribution < -0.4 is 9.80 Å². The van der Waals surface area contributed by atoms with Crippen LogP contribution in [0.5, 0.6) is 0 Å². The van der Waals surface area contributed by atoms with Crippen molar-refractivity contribution in [1.29, 1.82) is 0 Å². The molecule has 1 amide bonds. The molecule has 1 aliphatic heterocycles. The number of nitrogens with zero attached hydrogens (tertiary/aromatic N) is 2. The highest BCUT2D eigenvalue weighted by molar-refractivity contribution is 7.09. The van der Waals surface area contributed by atoms with Crippen molar-refractivity contribution in [1.82, 2.24) is 0 Å². The SMILES string of the molecule is CCN(Cc1cccs1)c1ccc2c(c1)N(C)C(=O)C2O. The van der Waals surface area contributed by atoms with Crippen LogP contribution in [0.15, 0.2) is 35.7 Å². The number of aliphatic hydroxyl groups is 1. The second-order valence-electron chi connectivity index (χ2n) is 5.14. The molecule has 2 heterocycles. The largest absolute Gasteiger partial charge is 0.378 e. The van der Waals surface area contributed by atoms with Crippen LogP contribution in [0.4, 0.5) is 11.4 Å². The minimum atomic E-state index is -1.02. The second kappa shape index (κ2) is 5.50. The van der Waals surface area contributed by atoms with E-state index in [9.17, 15) is 9.90 Å². The molecule has 21 heavy (non-hydrogen) atoms. The Morgan fingerprint density at radius 2 is 2.19 bits per heavy atom. The van der Waals surface area contributed by atoms with Crippen molar-refractivity contribution in [3.8, 4) is 0 Å². The average molecular weight is 302 g/mol. The first-order chi connectivity index (χ1) is 10.1. The van der Waals surface area contributed by atoms with Gasteiger partial charge in [0.05, 0.1) is 12.2 Å². The summed E-state index contributed by atoms with van der Waals surface area (Å²) in [6.45, 7) is 3.86. The van der Waals surface area contributed by atoms with Gasteiger partial charge in [0, 0.05) is 29.7 Å². The Bertz CT molecular complexity index is 654. The monoisotopic (exact) mass is 302 g/mol. The number of benzene rings is 1. The minimum absolute atomic E-state index is 0.261. The highest BCUT2D eigenvalue weighted by Crippen LogP contribution is 2.37. The summed E-state index contributed by atoms with van der Waals surface area (Å²) in [5.41, 5.74) is 2.56. The molecular formula is C16H18N2O2S. The first-order valence-electron chi connectivity index (χ1n) is 6.98.